The zero-order chi connectivity index (χ0) is 21.6. The quantitative estimate of drug-likeness (QED) is 0.616. The molecule has 5 rings (SSSR count). The highest BCUT2D eigenvalue weighted by atomic mass is 19.4. The number of rotatable bonds is 4. The minimum atomic E-state index is -4.37. The van der Waals surface area contributed by atoms with Gasteiger partial charge in [0.05, 0.1) is 11.3 Å². The van der Waals surface area contributed by atoms with Crippen molar-refractivity contribution < 1.29 is 13.2 Å². The molecule has 31 heavy (non-hydrogen) atoms. The van der Waals surface area contributed by atoms with Crippen LogP contribution in [0.5, 0.6) is 0 Å². The zero-order valence-corrected chi connectivity index (χ0v) is 16.8. The number of nitrogen functional groups attached to an aromatic ring is 1. The number of H-pyrrole nitrogens is 1. The third-order valence-corrected chi connectivity index (χ3v) is 6.29. The predicted molar refractivity (Wildman–Crippen MR) is 112 cm³/mol. The molecule has 3 aromatic rings. The maximum absolute atomic E-state index is 12.8. The Bertz CT molecular complexity index is 1030. The molecule has 2 atom stereocenters. The van der Waals surface area contributed by atoms with Crippen molar-refractivity contribution in [1.29, 1.82) is 0 Å². The average Bonchev–Trinajstić information content (AvgIpc) is 3.29. The van der Waals surface area contributed by atoms with Crippen LogP contribution >= 0.6 is 0 Å². The number of fused-ring (bicyclic) bond motifs is 2. The van der Waals surface area contributed by atoms with Crippen LogP contribution in [0.25, 0.3) is 11.3 Å². The van der Waals surface area contributed by atoms with Crippen LogP contribution in [0.4, 0.5) is 24.7 Å². The number of nitrogens with one attached hydrogen (secondary N) is 1. The standard InChI is InChI=1S/C22H23F3N6/c23-22(24,25)16-3-8-20(27-10-16)30-12-18-6-7-19(13-30)31(18)11-15-9-28-29-21(15)14-1-4-17(26)5-2-14/h1-5,8-10,18-19H,6-7,11-13,26H2,(H,28,29). The van der Waals surface area contributed by atoms with Gasteiger partial charge in [0.15, 0.2) is 0 Å². The Morgan fingerprint density at radius 3 is 2.35 bits per heavy atom. The van der Waals surface area contributed by atoms with Gasteiger partial charge in [-0.15, -0.1) is 0 Å². The highest BCUT2D eigenvalue weighted by Crippen LogP contribution is 2.35. The fourth-order valence-electron chi connectivity index (χ4n) is 4.70. The fourth-order valence-corrected chi connectivity index (χ4v) is 4.70. The number of nitrogens with zero attached hydrogens (tertiary/aromatic N) is 4. The Morgan fingerprint density at radius 2 is 1.74 bits per heavy atom. The normalized spacial score (nSPS) is 21.6. The summed E-state index contributed by atoms with van der Waals surface area (Å²) >= 11 is 0. The fraction of sp³-hybridized carbons (Fsp3) is 0.364. The predicted octanol–water partition coefficient (Wildman–Crippen LogP) is 3.93. The number of aromatic nitrogens is 3. The van der Waals surface area contributed by atoms with Crippen molar-refractivity contribution in [2.24, 2.45) is 0 Å². The highest BCUT2D eigenvalue weighted by molar-refractivity contribution is 5.64. The highest BCUT2D eigenvalue weighted by Gasteiger charge is 2.40. The van der Waals surface area contributed by atoms with Gasteiger partial charge < -0.3 is 10.6 Å². The molecule has 0 amide bonds. The third-order valence-electron chi connectivity index (χ3n) is 6.29. The van der Waals surface area contributed by atoms with Crippen LogP contribution in [0.3, 0.4) is 0 Å². The SMILES string of the molecule is Nc1ccc(-c2n[nH]cc2CN2C3CCC2CN(c2ccc(C(F)(F)F)cn2)C3)cc1. The van der Waals surface area contributed by atoms with E-state index in [0.29, 0.717) is 23.6 Å². The van der Waals surface area contributed by atoms with Gasteiger partial charge in [-0.3, -0.25) is 10.00 Å². The number of hydrogen-bond acceptors (Lipinski definition) is 5. The van der Waals surface area contributed by atoms with Crippen LogP contribution in [0.15, 0.2) is 48.8 Å². The van der Waals surface area contributed by atoms with E-state index in [1.165, 1.54) is 6.07 Å². The van der Waals surface area contributed by atoms with Crippen LogP contribution in [-0.4, -0.2) is 45.3 Å². The van der Waals surface area contributed by atoms with E-state index >= 15 is 0 Å². The minimum absolute atomic E-state index is 0.331. The molecular weight excluding hydrogens is 405 g/mol. The van der Waals surface area contributed by atoms with Crippen molar-refractivity contribution >= 4 is 11.5 Å². The Labute approximate surface area is 177 Å². The Morgan fingerprint density at radius 1 is 1.03 bits per heavy atom. The van der Waals surface area contributed by atoms with Crippen LogP contribution in [0.2, 0.25) is 0 Å². The molecule has 2 saturated heterocycles. The summed E-state index contributed by atoms with van der Waals surface area (Å²) in [4.78, 5) is 8.69. The molecule has 0 radical (unpaired) electrons. The molecule has 2 bridgehead atoms. The van der Waals surface area contributed by atoms with E-state index in [9.17, 15) is 13.2 Å². The topological polar surface area (TPSA) is 74.1 Å². The molecule has 0 spiro atoms. The summed E-state index contributed by atoms with van der Waals surface area (Å²) in [5, 5.41) is 7.42. The van der Waals surface area contributed by atoms with Crippen molar-refractivity contribution in [3.05, 3.63) is 59.9 Å². The first kappa shape index (κ1) is 19.9. The van der Waals surface area contributed by atoms with Gasteiger partial charge in [0, 0.05) is 60.9 Å². The van der Waals surface area contributed by atoms with E-state index in [1.807, 2.05) is 30.5 Å². The van der Waals surface area contributed by atoms with Crippen LogP contribution < -0.4 is 10.6 Å². The summed E-state index contributed by atoms with van der Waals surface area (Å²) in [6.07, 6.45) is 0.632. The van der Waals surface area contributed by atoms with Crippen molar-refractivity contribution in [1.82, 2.24) is 20.1 Å². The van der Waals surface area contributed by atoms with E-state index in [0.717, 1.165) is 61.6 Å². The zero-order valence-electron chi connectivity index (χ0n) is 16.8. The summed E-state index contributed by atoms with van der Waals surface area (Å²) in [6.45, 7) is 2.29. The molecule has 4 heterocycles. The molecular formula is C22H23F3N6. The van der Waals surface area contributed by atoms with Gasteiger partial charge in [-0.2, -0.15) is 18.3 Å². The van der Waals surface area contributed by atoms with Crippen molar-refractivity contribution in [2.75, 3.05) is 23.7 Å². The summed E-state index contributed by atoms with van der Waals surface area (Å²) in [5.41, 5.74) is 8.87. The number of hydrogen-bond donors (Lipinski definition) is 2. The van der Waals surface area contributed by atoms with Gasteiger partial charge in [-0.1, -0.05) is 12.1 Å². The average molecular weight is 428 g/mol. The van der Waals surface area contributed by atoms with Crippen LogP contribution in [-0.2, 0) is 12.7 Å². The number of anilines is 2. The molecule has 3 N–H and O–H groups in total. The van der Waals surface area contributed by atoms with E-state index in [1.54, 1.807) is 0 Å². The summed E-state index contributed by atoms with van der Waals surface area (Å²) in [6, 6.07) is 10.9. The third kappa shape index (κ3) is 3.85. The minimum Gasteiger partial charge on any atom is -0.399 e. The first-order chi connectivity index (χ1) is 14.9. The molecule has 2 aromatic heterocycles. The smallest absolute Gasteiger partial charge is 0.399 e. The monoisotopic (exact) mass is 428 g/mol. The largest absolute Gasteiger partial charge is 0.417 e. The molecule has 2 aliphatic heterocycles. The van der Waals surface area contributed by atoms with Gasteiger partial charge in [0.25, 0.3) is 0 Å². The molecule has 6 nitrogen and oxygen atoms in total. The van der Waals surface area contributed by atoms with Crippen LogP contribution in [0, 0.1) is 0 Å². The first-order valence-corrected chi connectivity index (χ1v) is 10.3. The van der Waals surface area contributed by atoms with Gasteiger partial charge in [0.2, 0.25) is 0 Å². The van der Waals surface area contributed by atoms with Gasteiger partial charge in [0.1, 0.15) is 5.82 Å². The molecule has 2 aliphatic rings. The second-order valence-corrected chi connectivity index (χ2v) is 8.25. The van der Waals surface area contributed by atoms with Crippen molar-refractivity contribution in [3.8, 4) is 11.3 Å². The summed E-state index contributed by atoms with van der Waals surface area (Å²) in [5.74, 6) is 0.607. The molecule has 0 saturated carbocycles. The number of halogens is 3. The van der Waals surface area contributed by atoms with E-state index in [2.05, 4.69) is 25.0 Å². The summed E-state index contributed by atoms with van der Waals surface area (Å²) in [7, 11) is 0. The summed E-state index contributed by atoms with van der Waals surface area (Å²) < 4.78 is 38.5. The number of benzene rings is 1. The van der Waals surface area contributed by atoms with E-state index in [4.69, 9.17) is 5.73 Å². The lowest BCUT2D eigenvalue weighted by atomic mass is 10.1. The van der Waals surface area contributed by atoms with E-state index < -0.39 is 11.7 Å². The second-order valence-electron chi connectivity index (χ2n) is 8.25. The maximum atomic E-state index is 12.8. The molecule has 162 valence electrons. The lowest BCUT2D eigenvalue weighted by molar-refractivity contribution is -0.137. The molecule has 2 unspecified atom stereocenters. The lowest BCUT2D eigenvalue weighted by Gasteiger charge is -2.41. The van der Waals surface area contributed by atoms with Gasteiger partial charge >= 0.3 is 6.18 Å². The Hall–Kier alpha value is -3.07. The molecule has 2 fully saturated rings. The maximum Gasteiger partial charge on any atom is 0.417 e. The van der Waals surface area contributed by atoms with Crippen LogP contribution in [0.1, 0.15) is 24.0 Å². The number of pyridine rings is 1. The van der Waals surface area contributed by atoms with Crippen molar-refractivity contribution in [2.45, 2.75) is 37.6 Å². The first-order valence-electron chi connectivity index (χ1n) is 10.3. The number of nitrogens with two attached hydrogens (primary N) is 1. The van der Waals surface area contributed by atoms with Gasteiger partial charge in [-0.05, 0) is 37.1 Å². The lowest BCUT2D eigenvalue weighted by Crippen LogP contribution is -2.53. The van der Waals surface area contributed by atoms with E-state index in [-0.39, 0.29) is 0 Å². The van der Waals surface area contributed by atoms with Crippen molar-refractivity contribution in [3.63, 3.8) is 0 Å². The Kier molecular flexibility index (Phi) is 4.85. The molecule has 0 aliphatic carbocycles. The number of piperazine rings is 1. The molecule has 1 aromatic carbocycles. The number of aromatic amines is 1. The Balaban J connectivity index is 1.30. The molecule has 9 heteroatoms. The number of alkyl halides is 3. The second kappa shape index (κ2) is 7.56. The van der Waals surface area contributed by atoms with Gasteiger partial charge in [-0.25, -0.2) is 4.98 Å².